The van der Waals surface area contributed by atoms with Gasteiger partial charge in [0.05, 0.1) is 23.9 Å². The molecule has 1 atom stereocenters. The third kappa shape index (κ3) is 3.81. The largest absolute Gasteiger partial charge is 0.462 e. The number of hydrogen-bond donors (Lipinski definition) is 0. The zero-order valence-corrected chi connectivity index (χ0v) is 16.6. The van der Waals surface area contributed by atoms with Gasteiger partial charge in [-0.2, -0.15) is 0 Å². The summed E-state index contributed by atoms with van der Waals surface area (Å²) in [4.78, 5) is 31.6. The summed E-state index contributed by atoms with van der Waals surface area (Å²) in [5, 5.41) is 1.18. The van der Waals surface area contributed by atoms with E-state index in [1.807, 2.05) is 26.0 Å². The van der Waals surface area contributed by atoms with Gasteiger partial charge in [-0.15, -0.1) is 0 Å². The molecule has 0 spiro atoms. The topological polar surface area (TPSA) is 59.0 Å². The van der Waals surface area contributed by atoms with Crippen molar-refractivity contribution in [3.8, 4) is 0 Å². The Balaban J connectivity index is 2.08. The van der Waals surface area contributed by atoms with Crippen LogP contribution in [0.2, 0.25) is 5.02 Å². The molecule has 1 fully saturated rings. The number of nitrogens with zero attached hydrogens (tertiary/aromatic N) is 2. The molecule has 2 heterocycles. The molecule has 138 valence electrons. The lowest BCUT2D eigenvalue weighted by atomic mass is 9.94. The van der Waals surface area contributed by atoms with Gasteiger partial charge in [0.1, 0.15) is 0 Å². The second-order valence-electron chi connectivity index (χ2n) is 6.71. The lowest BCUT2D eigenvalue weighted by molar-refractivity contribution is -0.141. The molecule has 0 unspecified atom stereocenters. The fourth-order valence-corrected chi connectivity index (χ4v) is 4.18. The summed E-state index contributed by atoms with van der Waals surface area (Å²) in [5.74, 6) is 0.428. The molecule has 1 aromatic carbocycles. The van der Waals surface area contributed by atoms with E-state index in [2.05, 4.69) is 4.99 Å². The maximum Gasteiger partial charge on any atom is 0.338 e. The number of fused-ring (bicyclic) bond motifs is 1. The van der Waals surface area contributed by atoms with Crippen molar-refractivity contribution in [2.45, 2.75) is 33.2 Å². The number of carbonyl (C=O) groups excluding carboxylic acids is 2. The number of halogens is 1. The van der Waals surface area contributed by atoms with Crippen molar-refractivity contribution in [2.24, 2.45) is 10.9 Å². The fourth-order valence-electron chi connectivity index (χ4n) is 2.97. The van der Waals surface area contributed by atoms with E-state index in [1.165, 1.54) is 11.8 Å². The number of rotatable bonds is 4. The molecule has 1 aromatic rings. The number of benzene rings is 1. The van der Waals surface area contributed by atoms with E-state index < -0.39 is 12.0 Å². The summed E-state index contributed by atoms with van der Waals surface area (Å²) < 4.78 is 5.47. The highest BCUT2D eigenvalue weighted by Gasteiger charge is 2.41. The Morgan fingerprint density at radius 1 is 1.46 bits per heavy atom. The second-order valence-corrected chi connectivity index (χ2v) is 8.20. The van der Waals surface area contributed by atoms with Crippen LogP contribution in [0.5, 0.6) is 0 Å². The first-order valence-electron chi connectivity index (χ1n) is 8.55. The molecule has 0 aliphatic carbocycles. The van der Waals surface area contributed by atoms with Gasteiger partial charge in [0.15, 0.2) is 5.17 Å². The van der Waals surface area contributed by atoms with Crippen molar-refractivity contribution in [1.29, 1.82) is 0 Å². The molecule has 5 nitrogen and oxygen atoms in total. The maximum absolute atomic E-state index is 12.8. The minimum absolute atomic E-state index is 0.0471. The summed E-state index contributed by atoms with van der Waals surface area (Å²) in [6.45, 7) is 6.06. The van der Waals surface area contributed by atoms with Crippen LogP contribution >= 0.6 is 23.4 Å². The van der Waals surface area contributed by atoms with Gasteiger partial charge in [-0.1, -0.05) is 49.3 Å². The first kappa shape index (κ1) is 19.0. The molecule has 0 bridgehead atoms. The van der Waals surface area contributed by atoms with E-state index in [0.717, 1.165) is 5.56 Å². The van der Waals surface area contributed by atoms with Crippen molar-refractivity contribution >= 4 is 40.4 Å². The molecular formula is C19H21ClN2O3S. The summed E-state index contributed by atoms with van der Waals surface area (Å²) in [6, 6.07) is 6.67. The highest BCUT2D eigenvalue weighted by atomic mass is 35.5. The summed E-state index contributed by atoms with van der Waals surface area (Å²) in [5.41, 5.74) is 1.75. The van der Waals surface area contributed by atoms with Crippen LogP contribution in [-0.4, -0.2) is 34.3 Å². The Morgan fingerprint density at radius 2 is 2.23 bits per heavy atom. The SMILES string of the molecule is CC1=C(C(=O)OCC(C)C)[C@H](c2cccc(Cl)c2)N2C(=O)CCSC2=N1. The van der Waals surface area contributed by atoms with Crippen LogP contribution in [0.1, 0.15) is 38.8 Å². The van der Waals surface area contributed by atoms with Crippen molar-refractivity contribution in [2.75, 3.05) is 12.4 Å². The van der Waals surface area contributed by atoms with Crippen LogP contribution in [0, 0.1) is 5.92 Å². The normalized spacial score (nSPS) is 20.2. The molecule has 0 saturated carbocycles. The van der Waals surface area contributed by atoms with Gasteiger partial charge in [-0.25, -0.2) is 9.79 Å². The second kappa shape index (κ2) is 7.84. The number of amidine groups is 1. The molecule has 0 radical (unpaired) electrons. The summed E-state index contributed by atoms with van der Waals surface area (Å²) in [7, 11) is 0. The van der Waals surface area contributed by atoms with Crippen LogP contribution in [-0.2, 0) is 14.3 Å². The van der Waals surface area contributed by atoms with Crippen LogP contribution in [0.4, 0.5) is 0 Å². The van der Waals surface area contributed by atoms with Gasteiger partial charge >= 0.3 is 5.97 Å². The van der Waals surface area contributed by atoms with E-state index in [9.17, 15) is 9.59 Å². The smallest absolute Gasteiger partial charge is 0.338 e. The van der Waals surface area contributed by atoms with Gasteiger partial charge in [0.2, 0.25) is 5.91 Å². The van der Waals surface area contributed by atoms with Gasteiger partial charge in [-0.3, -0.25) is 9.69 Å². The predicted molar refractivity (Wildman–Crippen MR) is 104 cm³/mol. The predicted octanol–water partition coefficient (Wildman–Crippen LogP) is 4.19. The van der Waals surface area contributed by atoms with Crippen LogP contribution in [0.25, 0.3) is 0 Å². The van der Waals surface area contributed by atoms with Crippen molar-refractivity contribution in [3.05, 3.63) is 46.1 Å². The van der Waals surface area contributed by atoms with E-state index in [4.69, 9.17) is 16.3 Å². The van der Waals surface area contributed by atoms with Gasteiger partial charge in [0.25, 0.3) is 0 Å². The van der Waals surface area contributed by atoms with Crippen LogP contribution < -0.4 is 0 Å². The zero-order chi connectivity index (χ0) is 18.8. The Labute approximate surface area is 162 Å². The number of aliphatic imine (C=N–C) groups is 1. The van der Waals surface area contributed by atoms with E-state index in [-0.39, 0.29) is 11.8 Å². The lowest BCUT2D eigenvalue weighted by Gasteiger charge is -2.39. The molecule has 0 aromatic heterocycles. The molecule has 2 aliphatic rings. The Morgan fingerprint density at radius 3 is 2.92 bits per heavy atom. The minimum Gasteiger partial charge on any atom is -0.462 e. The quantitative estimate of drug-likeness (QED) is 0.721. The average Bonchev–Trinajstić information content (AvgIpc) is 2.58. The summed E-state index contributed by atoms with van der Waals surface area (Å²) >= 11 is 7.70. The minimum atomic E-state index is -0.568. The number of amides is 1. The monoisotopic (exact) mass is 392 g/mol. The van der Waals surface area contributed by atoms with Crippen molar-refractivity contribution < 1.29 is 14.3 Å². The Bertz CT molecular complexity index is 804. The molecule has 1 amide bonds. The van der Waals surface area contributed by atoms with Crippen molar-refractivity contribution in [3.63, 3.8) is 0 Å². The first-order valence-corrected chi connectivity index (χ1v) is 9.91. The fraction of sp³-hybridized carbons (Fsp3) is 0.421. The van der Waals surface area contributed by atoms with E-state index >= 15 is 0 Å². The highest BCUT2D eigenvalue weighted by molar-refractivity contribution is 8.14. The lowest BCUT2D eigenvalue weighted by Crippen LogP contribution is -2.45. The number of esters is 1. The van der Waals surface area contributed by atoms with Gasteiger partial charge in [-0.05, 0) is 30.5 Å². The third-order valence-corrected chi connectivity index (χ3v) is 5.33. The van der Waals surface area contributed by atoms with Gasteiger partial charge < -0.3 is 4.74 Å². The maximum atomic E-state index is 12.8. The highest BCUT2D eigenvalue weighted by Crippen LogP contribution is 2.40. The number of ether oxygens (including phenoxy) is 1. The molecule has 7 heteroatoms. The molecule has 2 aliphatic heterocycles. The zero-order valence-electron chi connectivity index (χ0n) is 15.0. The van der Waals surface area contributed by atoms with E-state index in [1.54, 1.807) is 24.0 Å². The van der Waals surface area contributed by atoms with Crippen molar-refractivity contribution in [1.82, 2.24) is 4.90 Å². The Hall–Kier alpha value is -1.79. The van der Waals surface area contributed by atoms with E-state index in [0.29, 0.717) is 40.2 Å². The Kier molecular flexibility index (Phi) is 5.73. The number of hydrogen-bond acceptors (Lipinski definition) is 5. The molecular weight excluding hydrogens is 372 g/mol. The first-order chi connectivity index (χ1) is 12.4. The molecule has 1 saturated heterocycles. The third-order valence-electron chi connectivity index (χ3n) is 4.14. The average molecular weight is 393 g/mol. The number of allylic oxidation sites excluding steroid dienone is 1. The number of carbonyl (C=O) groups is 2. The molecule has 26 heavy (non-hydrogen) atoms. The molecule has 3 rings (SSSR count). The standard InChI is InChI=1S/C19H21ClN2O3S/c1-11(2)10-25-18(24)16-12(3)21-19-22(15(23)7-8-26-19)17(16)13-5-4-6-14(20)9-13/h4-6,9,11,17H,7-8,10H2,1-3H3/t17-/m0/s1. The van der Waals surface area contributed by atoms with Crippen LogP contribution in [0.3, 0.4) is 0 Å². The number of thioether (sulfide) groups is 1. The molecule has 0 N–H and O–H groups in total. The van der Waals surface area contributed by atoms with Crippen LogP contribution in [0.15, 0.2) is 40.5 Å². The van der Waals surface area contributed by atoms with Gasteiger partial charge in [0, 0.05) is 17.2 Å². The summed E-state index contributed by atoms with van der Waals surface area (Å²) in [6.07, 6.45) is 0.411.